The number of piperazine rings is 1. The predicted octanol–water partition coefficient (Wildman–Crippen LogP) is 3.24. The number of carbonyl (C=O) groups is 1. The molecule has 0 unspecified atom stereocenters. The lowest BCUT2D eigenvalue weighted by atomic mass is 10.1. The van der Waals surface area contributed by atoms with Crippen LogP contribution >= 0.6 is 22.7 Å². The third-order valence-corrected chi connectivity index (χ3v) is 6.66. The summed E-state index contributed by atoms with van der Waals surface area (Å²) in [7, 11) is 2.17. The fourth-order valence-electron chi connectivity index (χ4n) is 3.20. The highest BCUT2D eigenvalue weighted by Crippen LogP contribution is 2.25. The van der Waals surface area contributed by atoms with E-state index in [2.05, 4.69) is 57.2 Å². The number of hydrogen-bond donors (Lipinski definition) is 1. The molecule has 0 radical (unpaired) electrons. The Morgan fingerprint density at radius 3 is 2.60 bits per heavy atom. The molecule has 0 aromatic carbocycles. The van der Waals surface area contributed by atoms with Gasteiger partial charge in [0.2, 0.25) is 5.91 Å². The Kier molecular flexibility index (Phi) is 7.04. The van der Waals surface area contributed by atoms with Gasteiger partial charge < -0.3 is 10.2 Å². The van der Waals surface area contributed by atoms with E-state index in [4.69, 9.17) is 0 Å². The molecule has 2 aromatic rings. The third-order valence-electron chi connectivity index (χ3n) is 4.75. The summed E-state index contributed by atoms with van der Waals surface area (Å²) in [6, 6.07) is 8.81. The van der Waals surface area contributed by atoms with Gasteiger partial charge in [-0.3, -0.25) is 9.69 Å². The molecular weight excluding hydrogens is 350 g/mol. The van der Waals surface area contributed by atoms with Gasteiger partial charge >= 0.3 is 0 Å². The summed E-state index contributed by atoms with van der Waals surface area (Å²) in [6.07, 6.45) is 2.53. The molecule has 1 saturated heterocycles. The normalized spacial score (nSPS) is 17.5. The largest absolute Gasteiger partial charge is 0.354 e. The monoisotopic (exact) mass is 377 g/mol. The molecule has 3 heterocycles. The van der Waals surface area contributed by atoms with Gasteiger partial charge in [-0.05, 0) is 42.8 Å². The second kappa shape index (κ2) is 9.48. The predicted molar refractivity (Wildman–Crippen MR) is 106 cm³/mol. The van der Waals surface area contributed by atoms with Crippen LogP contribution in [0.2, 0.25) is 0 Å². The summed E-state index contributed by atoms with van der Waals surface area (Å²) in [5, 5.41) is 7.40. The van der Waals surface area contributed by atoms with Crippen LogP contribution in [0.5, 0.6) is 0 Å². The number of rotatable bonds is 8. The Balaban J connectivity index is 1.47. The number of hydrogen-bond acceptors (Lipinski definition) is 5. The third kappa shape index (κ3) is 5.64. The molecule has 6 heteroatoms. The standard InChI is InChI=1S/C19H27N3OS2/c1-21-9-11-22(12-10-21)17(18-7-4-14-25-18)15-20-19(23)8-2-5-16-6-3-13-24-16/h3-4,6-7,13-14,17H,2,5,8-12,15H2,1H3,(H,20,23)/t17-/m0/s1. The molecule has 0 bridgehead atoms. The van der Waals surface area contributed by atoms with Crippen molar-refractivity contribution in [2.75, 3.05) is 39.8 Å². The maximum absolute atomic E-state index is 12.2. The van der Waals surface area contributed by atoms with Gasteiger partial charge in [0.05, 0.1) is 6.04 Å². The van der Waals surface area contributed by atoms with E-state index in [1.807, 2.05) is 0 Å². The van der Waals surface area contributed by atoms with E-state index >= 15 is 0 Å². The molecule has 0 saturated carbocycles. The van der Waals surface area contributed by atoms with E-state index in [9.17, 15) is 4.79 Å². The number of likely N-dealkylation sites (N-methyl/N-ethyl adjacent to an activating group) is 1. The topological polar surface area (TPSA) is 35.6 Å². The lowest BCUT2D eigenvalue weighted by molar-refractivity contribution is -0.121. The quantitative estimate of drug-likeness (QED) is 0.767. The Bertz CT molecular complexity index is 619. The van der Waals surface area contributed by atoms with E-state index in [-0.39, 0.29) is 5.91 Å². The van der Waals surface area contributed by atoms with Gasteiger partial charge in [-0.15, -0.1) is 22.7 Å². The molecule has 3 rings (SSSR count). The van der Waals surface area contributed by atoms with Gasteiger partial charge in [0.25, 0.3) is 0 Å². The minimum Gasteiger partial charge on any atom is -0.354 e. The Morgan fingerprint density at radius 1 is 1.16 bits per heavy atom. The summed E-state index contributed by atoms with van der Waals surface area (Å²) < 4.78 is 0. The second-order valence-electron chi connectivity index (χ2n) is 6.61. The summed E-state index contributed by atoms with van der Waals surface area (Å²) in [6.45, 7) is 5.02. The number of amides is 1. The van der Waals surface area contributed by atoms with Gasteiger partial charge in [-0.25, -0.2) is 0 Å². The van der Waals surface area contributed by atoms with Crippen molar-refractivity contribution in [3.8, 4) is 0 Å². The van der Waals surface area contributed by atoms with Gasteiger partial charge in [0.1, 0.15) is 0 Å². The van der Waals surface area contributed by atoms with Crippen LogP contribution in [0, 0.1) is 0 Å². The van der Waals surface area contributed by atoms with E-state index < -0.39 is 0 Å². The van der Waals surface area contributed by atoms with Crippen LogP contribution in [0.25, 0.3) is 0 Å². The molecule has 25 heavy (non-hydrogen) atoms. The fraction of sp³-hybridized carbons (Fsp3) is 0.526. The van der Waals surface area contributed by atoms with Crippen molar-refractivity contribution in [2.24, 2.45) is 0 Å². The first-order valence-electron chi connectivity index (χ1n) is 8.97. The summed E-state index contributed by atoms with van der Waals surface area (Å²) in [5.74, 6) is 0.173. The lowest BCUT2D eigenvalue weighted by Gasteiger charge is -2.37. The average Bonchev–Trinajstić information content (AvgIpc) is 3.30. The van der Waals surface area contributed by atoms with E-state index in [1.54, 1.807) is 22.7 Å². The van der Waals surface area contributed by atoms with Crippen molar-refractivity contribution in [2.45, 2.75) is 25.3 Å². The van der Waals surface area contributed by atoms with E-state index in [0.29, 0.717) is 19.0 Å². The molecule has 1 atom stereocenters. The van der Waals surface area contributed by atoms with Gasteiger partial charge in [-0.1, -0.05) is 12.1 Å². The number of aryl methyl sites for hydroxylation is 1. The molecule has 2 aromatic heterocycles. The zero-order valence-electron chi connectivity index (χ0n) is 14.8. The highest BCUT2D eigenvalue weighted by molar-refractivity contribution is 7.10. The maximum atomic E-state index is 12.2. The minimum atomic E-state index is 0.173. The molecule has 4 nitrogen and oxygen atoms in total. The van der Waals surface area contributed by atoms with Crippen molar-refractivity contribution < 1.29 is 4.79 Å². The number of thiophene rings is 2. The first-order chi connectivity index (χ1) is 12.2. The van der Waals surface area contributed by atoms with Crippen LogP contribution < -0.4 is 5.32 Å². The molecule has 0 aliphatic carbocycles. The Labute approximate surface area is 158 Å². The van der Waals surface area contributed by atoms with Crippen LogP contribution in [0.4, 0.5) is 0 Å². The molecular formula is C19H27N3OS2. The van der Waals surface area contributed by atoms with Crippen LogP contribution in [0.3, 0.4) is 0 Å². The van der Waals surface area contributed by atoms with E-state index in [0.717, 1.165) is 39.0 Å². The minimum absolute atomic E-state index is 0.173. The van der Waals surface area contributed by atoms with Crippen molar-refractivity contribution in [3.05, 3.63) is 44.8 Å². The molecule has 1 aliphatic rings. The molecule has 1 amide bonds. The van der Waals surface area contributed by atoms with Gasteiger partial charge in [0, 0.05) is 48.9 Å². The molecule has 136 valence electrons. The van der Waals surface area contributed by atoms with Crippen molar-refractivity contribution in [1.82, 2.24) is 15.1 Å². The van der Waals surface area contributed by atoms with E-state index in [1.165, 1.54) is 9.75 Å². The van der Waals surface area contributed by atoms with Crippen LogP contribution in [-0.2, 0) is 11.2 Å². The van der Waals surface area contributed by atoms with Crippen LogP contribution in [0.1, 0.15) is 28.6 Å². The summed E-state index contributed by atoms with van der Waals surface area (Å²) in [5.41, 5.74) is 0. The highest BCUT2D eigenvalue weighted by atomic mass is 32.1. The maximum Gasteiger partial charge on any atom is 0.220 e. The first kappa shape index (κ1) is 18.6. The SMILES string of the molecule is CN1CCN([C@@H](CNC(=O)CCCc2cccs2)c2cccs2)CC1. The summed E-state index contributed by atoms with van der Waals surface area (Å²) in [4.78, 5) is 19.8. The zero-order valence-corrected chi connectivity index (χ0v) is 16.5. The Hall–Kier alpha value is -1.21. The smallest absolute Gasteiger partial charge is 0.220 e. The molecule has 0 spiro atoms. The van der Waals surface area contributed by atoms with Gasteiger partial charge in [-0.2, -0.15) is 0 Å². The van der Waals surface area contributed by atoms with Crippen LogP contribution in [-0.4, -0.2) is 55.5 Å². The highest BCUT2D eigenvalue weighted by Gasteiger charge is 2.24. The average molecular weight is 378 g/mol. The van der Waals surface area contributed by atoms with Crippen molar-refractivity contribution in [1.29, 1.82) is 0 Å². The molecule has 1 aliphatic heterocycles. The fourth-order valence-corrected chi connectivity index (χ4v) is 4.81. The van der Waals surface area contributed by atoms with Crippen molar-refractivity contribution >= 4 is 28.6 Å². The second-order valence-corrected chi connectivity index (χ2v) is 8.62. The number of carbonyl (C=O) groups excluding carboxylic acids is 1. The lowest BCUT2D eigenvalue weighted by Crippen LogP contribution is -2.48. The van der Waals surface area contributed by atoms with Crippen LogP contribution in [0.15, 0.2) is 35.0 Å². The van der Waals surface area contributed by atoms with Crippen molar-refractivity contribution in [3.63, 3.8) is 0 Å². The molecule has 1 fully saturated rings. The van der Waals surface area contributed by atoms with Gasteiger partial charge in [0.15, 0.2) is 0 Å². The zero-order chi connectivity index (χ0) is 17.5. The first-order valence-corrected chi connectivity index (χ1v) is 10.7. The number of nitrogens with zero attached hydrogens (tertiary/aromatic N) is 2. The summed E-state index contributed by atoms with van der Waals surface area (Å²) >= 11 is 3.56. The Morgan fingerprint density at radius 2 is 1.92 bits per heavy atom. The molecule has 1 N–H and O–H groups in total. The number of nitrogens with one attached hydrogen (secondary N) is 1.